The van der Waals surface area contributed by atoms with Crippen LogP contribution in [-0.4, -0.2) is 38.6 Å². The zero-order chi connectivity index (χ0) is 14.4. The summed E-state index contributed by atoms with van der Waals surface area (Å²) in [5.41, 5.74) is 1.17. The fraction of sp³-hybridized carbons (Fsp3) is 0.562. The van der Waals surface area contributed by atoms with Gasteiger partial charge in [-0.25, -0.2) is 0 Å². The summed E-state index contributed by atoms with van der Waals surface area (Å²) in [6.07, 6.45) is 2.11. The van der Waals surface area contributed by atoms with Crippen molar-refractivity contribution in [3.8, 4) is 0 Å². The van der Waals surface area contributed by atoms with E-state index in [0.717, 1.165) is 19.5 Å². The van der Waals surface area contributed by atoms with E-state index in [1.165, 1.54) is 12.1 Å². The molecule has 1 fully saturated rings. The van der Waals surface area contributed by atoms with E-state index < -0.39 is 0 Å². The van der Waals surface area contributed by atoms with Crippen LogP contribution in [0.15, 0.2) is 30.3 Å². The number of benzene rings is 1. The number of piperidine rings is 1. The molecule has 0 bridgehead atoms. The zero-order valence-electron chi connectivity index (χ0n) is 12.8. The van der Waals surface area contributed by atoms with Crippen LogP contribution in [-0.2, 0) is 4.79 Å². The molecule has 0 aromatic heterocycles. The molecule has 0 spiro atoms. The SMILES string of the molecule is CC1CCNC(C(=O)NCCN(C)c2ccccc2)C1.Cl. The van der Waals surface area contributed by atoms with Crippen molar-refractivity contribution in [1.29, 1.82) is 0 Å². The lowest BCUT2D eigenvalue weighted by atomic mass is 9.94. The number of anilines is 1. The van der Waals surface area contributed by atoms with Crippen molar-refractivity contribution in [3.63, 3.8) is 0 Å². The maximum absolute atomic E-state index is 12.1. The Morgan fingerprint density at radius 1 is 1.38 bits per heavy atom. The number of nitrogens with one attached hydrogen (secondary N) is 2. The van der Waals surface area contributed by atoms with Crippen molar-refractivity contribution in [2.24, 2.45) is 5.92 Å². The predicted octanol–water partition coefficient (Wildman–Crippen LogP) is 2.05. The first-order valence-corrected chi connectivity index (χ1v) is 7.44. The number of hydrogen-bond donors (Lipinski definition) is 2. The van der Waals surface area contributed by atoms with E-state index in [4.69, 9.17) is 0 Å². The van der Waals surface area contributed by atoms with E-state index in [1.807, 2.05) is 25.2 Å². The largest absolute Gasteiger partial charge is 0.373 e. The van der Waals surface area contributed by atoms with Crippen molar-refractivity contribution in [2.45, 2.75) is 25.8 Å². The third-order valence-electron chi connectivity index (χ3n) is 3.93. The molecule has 2 atom stereocenters. The quantitative estimate of drug-likeness (QED) is 0.875. The molecule has 1 aromatic rings. The lowest BCUT2D eigenvalue weighted by Crippen LogP contribution is -2.49. The highest BCUT2D eigenvalue weighted by Gasteiger charge is 2.23. The molecule has 0 aliphatic carbocycles. The summed E-state index contributed by atoms with van der Waals surface area (Å²) >= 11 is 0. The number of nitrogens with zero attached hydrogens (tertiary/aromatic N) is 1. The second-order valence-corrected chi connectivity index (χ2v) is 5.68. The molecule has 0 radical (unpaired) electrons. The lowest BCUT2D eigenvalue weighted by molar-refractivity contribution is -0.123. The summed E-state index contributed by atoms with van der Waals surface area (Å²) in [4.78, 5) is 14.2. The van der Waals surface area contributed by atoms with E-state index in [1.54, 1.807) is 0 Å². The van der Waals surface area contributed by atoms with Crippen LogP contribution < -0.4 is 15.5 Å². The van der Waals surface area contributed by atoms with Crippen LogP contribution in [0.25, 0.3) is 0 Å². The van der Waals surface area contributed by atoms with E-state index in [0.29, 0.717) is 12.5 Å². The first-order valence-electron chi connectivity index (χ1n) is 7.44. The molecule has 118 valence electrons. The van der Waals surface area contributed by atoms with Gasteiger partial charge in [-0.3, -0.25) is 4.79 Å². The molecule has 1 aliphatic rings. The van der Waals surface area contributed by atoms with E-state index >= 15 is 0 Å². The van der Waals surface area contributed by atoms with Crippen LogP contribution in [0.1, 0.15) is 19.8 Å². The van der Waals surface area contributed by atoms with Gasteiger partial charge in [0.15, 0.2) is 0 Å². The maximum Gasteiger partial charge on any atom is 0.237 e. The molecule has 1 aromatic carbocycles. The number of para-hydroxylation sites is 1. The minimum Gasteiger partial charge on any atom is -0.373 e. The fourth-order valence-electron chi connectivity index (χ4n) is 2.59. The van der Waals surface area contributed by atoms with Gasteiger partial charge in [-0.1, -0.05) is 25.1 Å². The number of rotatable bonds is 5. The summed E-state index contributed by atoms with van der Waals surface area (Å²) in [7, 11) is 2.04. The van der Waals surface area contributed by atoms with Gasteiger partial charge in [-0.05, 0) is 37.4 Å². The van der Waals surface area contributed by atoms with E-state index in [9.17, 15) is 4.79 Å². The average molecular weight is 312 g/mol. The number of halogens is 1. The summed E-state index contributed by atoms with van der Waals surface area (Å²) in [5.74, 6) is 0.775. The number of carbonyl (C=O) groups excluding carboxylic acids is 1. The Kier molecular flexibility index (Phi) is 7.54. The van der Waals surface area contributed by atoms with Gasteiger partial charge < -0.3 is 15.5 Å². The number of likely N-dealkylation sites (N-methyl/N-ethyl adjacent to an activating group) is 1. The Bertz CT molecular complexity index is 427. The molecule has 1 heterocycles. The number of amides is 1. The number of hydrogen-bond acceptors (Lipinski definition) is 3. The molecule has 2 unspecified atom stereocenters. The monoisotopic (exact) mass is 311 g/mol. The molecule has 1 saturated heterocycles. The topological polar surface area (TPSA) is 44.4 Å². The molecular weight excluding hydrogens is 286 g/mol. The molecule has 2 rings (SSSR count). The van der Waals surface area contributed by atoms with Gasteiger partial charge in [0.2, 0.25) is 5.91 Å². The fourth-order valence-corrected chi connectivity index (χ4v) is 2.59. The summed E-state index contributed by atoms with van der Waals surface area (Å²) in [6.45, 7) is 4.66. The van der Waals surface area contributed by atoms with Gasteiger partial charge in [0, 0.05) is 25.8 Å². The Labute approximate surface area is 133 Å². The third kappa shape index (κ3) is 5.56. The molecule has 1 amide bonds. The molecular formula is C16H26ClN3O. The molecule has 2 N–H and O–H groups in total. The molecule has 5 heteroatoms. The van der Waals surface area contributed by atoms with Crippen molar-refractivity contribution < 1.29 is 4.79 Å². The highest BCUT2D eigenvalue weighted by Crippen LogP contribution is 2.15. The van der Waals surface area contributed by atoms with E-state index in [-0.39, 0.29) is 24.4 Å². The maximum atomic E-state index is 12.1. The predicted molar refractivity (Wildman–Crippen MR) is 90.2 cm³/mol. The first kappa shape index (κ1) is 17.8. The van der Waals surface area contributed by atoms with Crippen LogP contribution in [0.2, 0.25) is 0 Å². The average Bonchev–Trinajstić information content (AvgIpc) is 2.48. The van der Waals surface area contributed by atoms with Crippen LogP contribution in [0, 0.1) is 5.92 Å². The second kappa shape index (κ2) is 8.90. The van der Waals surface area contributed by atoms with Gasteiger partial charge in [0.05, 0.1) is 6.04 Å². The molecule has 21 heavy (non-hydrogen) atoms. The minimum absolute atomic E-state index is 0. The van der Waals surface area contributed by atoms with Crippen LogP contribution >= 0.6 is 12.4 Å². The van der Waals surface area contributed by atoms with Crippen molar-refractivity contribution >= 4 is 24.0 Å². The lowest BCUT2D eigenvalue weighted by Gasteiger charge is -2.27. The smallest absolute Gasteiger partial charge is 0.237 e. The van der Waals surface area contributed by atoms with Crippen molar-refractivity contribution in [1.82, 2.24) is 10.6 Å². The highest BCUT2D eigenvalue weighted by molar-refractivity contribution is 5.85. The summed E-state index contributed by atoms with van der Waals surface area (Å²) in [5, 5.41) is 6.32. The highest BCUT2D eigenvalue weighted by atomic mass is 35.5. The minimum atomic E-state index is -0.0132. The first-order chi connectivity index (χ1) is 9.66. The molecule has 4 nitrogen and oxygen atoms in total. The van der Waals surface area contributed by atoms with Gasteiger partial charge in [0.25, 0.3) is 0 Å². The summed E-state index contributed by atoms with van der Waals surface area (Å²) in [6, 6.07) is 10.2. The van der Waals surface area contributed by atoms with Crippen LogP contribution in [0.4, 0.5) is 5.69 Å². The Morgan fingerprint density at radius 3 is 2.76 bits per heavy atom. The Hall–Kier alpha value is -1.26. The van der Waals surface area contributed by atoms with Crippen molar-refractivity contribution in [2.75, 3.05) is 31.6 Å². The van der Waals surface area contributed by atoms with Gasteiger partial charge in [0.1, 0.15) is 0 Å². The molecule has 0 saturated carbocycles. The normalized spacial score (nSPS) is 21.2. The van der Waals surface area contributed by atoms with Crippen molar-refractivity contribution in [3.05, 3.63) is 30.3 Å². The standard InChI is InChI=1S/C16H25N3O.ClH/c1-13-8-9-17-15(12-13)16(20)18-10-11-19(2)14-6-4-3-5-7-14;/h3-7,13,15,17H,8-12H2,1-2H3,(H,18,20);1H. The van der Waals surface area contributed by atoms with E-state index in [2.05, 4.69) is 34.6 Å². The molecule has 1 aliphatic heterocycles. The Morgan fingerprint density at radius 2 is 2.10 bits per heavy atom. The van der Waals surface area contributed by atoms with Gasteiger partial charge >= 0.3 is 0 Å². The zero-order valence-corrected chi connectivity index (χ0v) is 13.7. The van der Waals surface area contributed by atoms with Crippen LogP contribution in [0.3, 0.4) is 0 Å². The number of carbonyl (C=O) groups is 1. The summed E-state index contributed by atoms with van der Waals surface area (Å²) < 4.78 is 0. The second-order valence-electron chi connectivity index (χ2n) is 5.68. The van der Waals surface area contributed by atoms with Gasteiger partial charge in [-0.15, -0.1) is 12.4 Å². The van der Waals surface area contributed by atoms with Crippen LogP contribution in [0.5, 0.6) is 0 Å². The Balaban J connectivity index is 0.00000220. The van der Waals surface area contributed by atoms with Gasteiger partial charge in [-0.2, -0.15) is 0 Å². The third-order valence-corrected chi connectivity index (χ3v) is 3.93.